The smallest absolute Gasteiger partial charge is 0.550 e. The molecule has 1 heterocycles. The number of carbonyl (C=O) groups excluding carboxylic acids is 1. The second kappa shape index (κ2) is 5.66. The summed E-state index contributed by atoms with van der Waals surface area (Å²) in [5.74, 6) is -1.19. The number of hydrogen-bond donors (Lipinski definition) is 0. The standard InChI is InChI=1S/C11H13NO2.Na/c13-11(14)10-7-12(8-10)6-9-4-2-1-3-5-9;/h1-5,10H,6-8H2,(H,13,14);/q;+1/p-1. The Morgan fingerprint density at radius 3 is 2.47 bits per heavy atom. The molecule has 4 heteroatoms. The molecule has 74 valence electrons. The second-order valence-corrected chi connectivity index (χ2v) is 3.70. The first-order valence-corrected chi connectivity index (χ1v) is 4.73. The third-order valence-electron chi connectivity index (χ3n) is 2.54. The minimum absolute atomic E-state index is 0. The zero-order valence-electron chi connectivity index (χ0n) is 8.85. The van der Waals surface area contributed by atoms with Gasteiger partial charge in [-0.3, -0.25) is 4.90 Å². The molecule has 1 fully saturated rings. The van der Waals surface area contributed by atoms with Gasteiger partial charge in [-0.1, -0.05) is 30.3 Å². The van der Waals surface area contributed by atoms with Crippen molar-refractivity contribution in [1.29, 1.82) is 0 Å². The van der Waals surface area contributed by atoms with Crippen LogP contribution in [0.2, 0.25) is 0 Å². The summed E-state index contributed by atoms with van der Waals surface area (Å²) in [6, 6.07) is 10.1. The van der Waals surface area contributed by atoms with Crippen molar-refractivity contribution in [2.45, 2.75) is 6.54 Å². The van der Waals surface area contributed by atoms with Crippen LogP contribution in [0.5, 0.6) is 0 Å². The largest absolute Gasteiger partial charge is 1.00 e. The van der Waals surface area contributed by atoms with E-state index in [0.717, 1.165) is 6.54 Å². The van der Waals surface area contributed by atoms with E-state index in [1.807, 2.05) is 30.3 Å². The van der Waals surface area contributed by atoms with E-state index in [4.69, 9.17) is 0 Å². The Balaban J connectivity index is 0.00000112. The van der Waals surface area contributed by atoms with E-state index in [0.29, 0.717) is 13.1 Å². The van der Waals surface area contributed by atoms with Gasteiger partial charge in [0.1, 0.15) is 0 Å². The zero-order chi connectivity index (χ0) is 9.97. The van der Waals surface area contributed by atoms with Gasteiger partial charge in [-0.05, 0) is 5.56 Å². The molecule has 1 aliphatic rings. The van der Waals surface area contributed by atoms with Crippen molar-refractivity contribution in [3.8, 4) is 0 Å². The third-order valence-corrected chi connectivity index (χ3v) is 2.54. The van der Waals surface area contributed by atoms with Crippen molar-refractivity contribution in [2.75, 3.05) is 13.1 Å². The minimum Gasteiger partial charge on any atom is -0.550 e. The summed E-state index contributed by atoms with van der Waals surface area (Å²) < 4.78 is 0. The molecule has 1 aromatic carbocycles. The quantitative estimate of drug-likeness (QED) is 0.499. The molecular weight excluding hydrogens is 201 g/mol. The number of carboxylic acid groups (broad SMARTS) is 1. The van der Waals surface area contributed by atoms with Crippen LogP contribution in [0.3, 0.4) is 0 Å². The van der Waals surface area contributed by atoms with Crippen molar-refractivity contribution in [1.82, 2.24) is 4.90 Å². The van der Waals surface area contributed by atoms with E-state index in [-0.39, 0.29) is 35.5 Å². The van der Waals surface area contributed by atoms with Crippen LogP contribution in [0, 0.1) is 5.92 Å². The van der Waals surface area contributed by atoms with Gasteiger partial charge in [0.15, 0.2) is 0 Å². The van der Waals surface area contributed by atoms with E-state index in [1.165, 1.54) is 5.56 Å². The van der Waals surface area contributed by atoms with Gasteiger partial charge >= 0.3 is 29.6 Å². The average molecular weight is 213 g/mol. The van der Waals surface area contributed by atoms with Gasteiger partial charge < -0.3 is 9.90 Å². The first-order valence-electron chi connectivity index (χ1n) is 4.73. The zero-order valence-corrected chi connectivity index (χ0v) is 10.8. The Kier molecular flexibility index (Phi) is 4.80. The van der Waals surface area contributed by atoms with Crippen LogP contribution in [-0.4, -0.2) is 24.0 Å². The molecule has 0 saturated carbocycles. The first kappa shape index (κ1) is 12.7. The molecule has 0 bridgehead atoms. The molecule has 0 amide bonds. The van der Waals surface area contributed by atoms with Crippen LogP contribution in [0.1, 0.15) is 5.56 Å². The molecule has 0 radical (unpaired) electrons. The fourth-order valence-corrected chi connectivity index (χ4v) is 1.69. The summed E-state index contributed by atoms with van der Waals surface area (Å²) in [5, 5.41) is 10.4. The van der Waals surface area contributed by atoms with Crippen LogP contribution >= 0.6 is 0 Å². The molecule has 0 spiro atoms. The van der Waals surface area contributed by atoms with Crippen molar-refractivity contribution >= 4 is 5.97 Å². The van der Waals surface area contributed by atoms with Crippen LogP contribution < -0.4 is 34.7 Å². The van der Waals surface area contributed by atoms with Crippen LogP contribution in [0.4, 0.5) is 0 Å². The minimum atomic E-state index is -0.922. The number of benzene rings is 1. The van der Waals surface area contributed by atoms with E-state index >= 15 is 0 Å². The van der Waals surface area contributed by atoms with Gasteiger partial charge in [0.25, 0.3) is 0 Å². The molecule has 0 N–H and O–H groups in total. The number of aliphatic carboxylic acids is 1. The molecule has 3 nitrogen and oxygen atoms in total. The molecule has 1 aromatic rings. The SMILES string of the molecule is O=C([O-])C1CN(Cc2ccccc2)C1.[Na+]. The second-order valence-electron chi connectivity index (χ2n) is 3.70. The Hall–Kier alpha value is -0.350. The summed E-state index contributed by atoms with van der Waals surface area (Å²) in [7, 11) is 0. The number of hydrogen-bond acceptors (Lipinski definition) is 3. The number of carboxylic acids is 1. The Morgan fingerprint density at radius 1 is 1.33 bits per heavy atom. The number of nitrogens with zero attached hydrogens (tertiary/aromatic N) is 1. The van der Waals surface area contributed by atoms with E-state index in [9.17, 15) is 9.90 Å². The fourth-order valence-electron chi connectivity index (χ4n) is 1.69. The maximum absolute atomic E-state index is 10.4. The maximum Gasteiger partial charge on any atom is 1.00 e. The van der Waals surface area contributed by atoms with Gasteiger partial charge in [-0.2, -0.15) is 0 Å². The number of rotatable bonds is 3. The molecule has 0 aromatic heterocycles. The summed E-state index contributed by atoms with van der Waals surface area (Å²) in [5.41, 5.74) is 1.23. The van der Waals surface area contributed by atoms with Crippen molar-refractivity contribution in [2.24, 2.45) is 5.92 Å². The predicted molar refractivity (Wildman–Crippen MR) is 50.2 cm³/mol. The Bertz CT molecular complexity index is 323. The molecule has 1 saturated heterocycles. The first-order chi connectivity index (χ1) is 6.75. The summed E-state index contributed by atoms with van der Waals surface area (Å²) in [6.07, 6.45) is 0. The van der Waals surface area contributed by atoms with E-state index in [2.05, 4.69) is 4.90 Å². The summed E-state index contributed by atoms with van der Waals surface area (Å²) >= 11 is 0. The van der Waals surface area contributed by atoms with Gasteiger partial charge in [0, 0.05) is 31.5 Å². The topological polar surface area (TPSA) is 43.4 Å². The monoisotopic (exact) mass is 213 g/mol. The van der Waals surface area contributed by atoms with Crippen LogP contribution in [-0.2, 0) is 11.3 Å². The fraction of sp³-hybridized carbons (Fsp3) is 0.364. The van der Waals surface area contributed by atoms with E-state index < -0.39 is 5.97 Å². The van der Waals surface area contributed by atoms with Crippen molar-refractivity contribution in [3.63, 3.8) is 0 Å². The van der Waals surface area contributed by atoms with Gasteiger partial charge in [0.2, 0.25) is 0 Å². The van der Waals surface area contributed by atoms with Gasteiger partial charge in [0.05, 0.1) is 0 Å². The molecule has 2 rings (SSSR count). The van der Waals surface area contributed by atoms with Crippen LogP contribution in [0.25, 0.3) is 0 Å². The van der Waals surface area contributed by atoms with Gasteiger partial charge in [-0.15, -0.1) is 0 Å². The normalized spacial score (nSPS) is 16.5. The van der Waals surface area contributed by atoms with Crippen molar-refractivity contribution < 1.29 is 39.5 Å². The summed E-state index contributed by atoms with van der Waals surface area (Å²) in [4.78, 5) is 12.5. The maximum atomic E-state index is 10.4. The number of likely N-dealkylation sites (tertiary alicyclic amines) is 1. The van der Waals surface area contributed by atoms with Crippen molar-refractivity contribution in [3.05, 3.63) is 35.9 Å². The van der Waals surface area contributed by atoms with E-state index in [1.54, 1.807) is 0 Å². The molecule has 0 aliphatic carbocycles. The third kappa shape index (κ3) is 3.31. The molecular formula is C11H12NNaO2. The molecule has 0 unspecified atom stereocenters. The predicted octanol–water partition coefficient (Wildman–Crippen LogP) is -3.13. The Labute approximate surface area is 111 Å². The number of carbonyl (C=O) groups is 1. The van der Waals surface area contributed by atoms with Crippen LogP contribution in [0.15, 0.2) is 30.3 Å². The molecule has 0 atom stereocenters. The average Bonchev–Trinajstić information content (AvgIpc) is 2.12. The van der Waals surface area contributed by atoms with Gasteiger partial charge in [-0.25, -0.2) is 0 Å². The molecule has 15 heavy (non-hydrogen) atoms. The Morgan fingerprint density at radius 2 is 1.93 bits per heavy atom. The molecule has 1 aliphatic heterocycles. The summed E-state index contributed by atoms with van der Waals surface area (Å²) in [6.45, 7) is 2.08.